The van der Waals surface area contributed by atoms with E-state index in [9.17, 15) is 23.4 Å². The zero-order valence-electron chi connectivity index (χ0n) is 10.1. The maximum absolute atomic E-state index is 12.7. The molecule has 2 atom stereocenters. The molecule has 108 valence electrons. The van der Waals surface area contributed by atoms with Crippen LogP contribution in [-0.2, 0) is 6.18 Å². The predicted molar refractivity (Wildman–Crippen MR) is 58.5 cm³/mol. The van der Waals surface area contributed by atoms with Gasteiger partial charge in [-0.15, -0.1) is 0 Å². The number of hydrogen-bond acceptors (Lipinski definition) is 5. The standard InChI is InChI=1S/C11H14F3NO4/c1-19-10-7(11(12,13)14)4-6(5-15-10)9(18)8(17)2-3-16/h4-5,8-9,16-18H,2-3H2,1H3. The van der Waals surface area contributed by atoms with Gasteiger partial charge in [-0.25, -0.2) is 4.98 Å². The highest BCUT2D eigenvalue weighted by Gasteiger charge is 2.36. The summed E-state index contributed by atoms with van der Waals surface area (Å²) in [7, 11) is 1.05. The van der Waals surface area contributed by atoms with Gasteiger partial charge in [0.1, 0.15) is 11.7 Å². The molecule has 0 aliphatic rings. The Bertz CT molecular complexity index is 425. The Labute approximate surface area is 107 Å². The molecule has 0 aliphatic heterocycles. The molecule has 1 heterocycles. The highest BCUT2D eigenvalue weighted by Crippen LogP contribution is 2.36. The monoisotopic (exact) mass is 281 g/mol. The second kappa shape index (κ2) is 6.18. The second-order valence-electron chi connectivity index (χ2n) is 3.85. The summed E-state index contributed by atoms with van der Waals surface area (Å²) in [6, 6.07) is 0.664. The normalized spacial score (nSPS) is 15.1. The van der Waals surface area contributed by atoms with Crippen LogP contribution in [0.15, 0.2) is 12.3 Å². The van der Waals surface area contributed by atoms with E-state index in [1.54, 1.807) is 0 Å². The van der Waals surface area contributed by atoms with E-state index in [1.165, 1.54) is 0 Å². The van der Waals surface area contributed by atoms with Gasteiger partial charge in [-0.1, -0.05) is 0 Å². The molecular formula is C11H14F3NO4. The molecule has 0 spiro atoms. The van der Waals surface area contributed by atoms with Crippen molar-refractivity contribution in [3.05, 3.63) is 23.4 Å². The second-order valence-corrected chi connectivity index (χ2v) is 3.85. The minimum atomic E-state index is -4.68. The van der Waals surface area contributed by atoms with Gasteiger partial charge in [-0.2, -0.15) is 13.2 Å². The molecule has 1 rings (SSSR count). The Morgan fingerprint density at radius 3 is 2.47 bits per heavy atom. The van der Waals surface area contributed by atoms with Gasteiger partial charge < -0.3 is 20.1 Å². The molecule has 0 radical (unpaired) electrons. The van der Waals surface area contributed by atoms with Gasteiger partial charge in [0.15, 0.2) is 0 Å². The number of alkyl halides is 3. The fourth-order valence-electron chi connectivity index (χ4n) is 1.51. The fraction of sp³-hybridized carbons (Fsp3) is 0.545. The van der Waals surface area contributed by atoms with Crippen LogP contribution in [0.2, 0.25) is 0 Å². The quantitative estimate of drug-likeness (QED) is 0.746. The van der Waals surface area contributed by atoms with Crippen LogP contribution in [0.3, 0.4) is 0 Å². The Morgan fingerprint density at radius 2 is 2.00 bits per heavy atom. The maximum atomic E-state index is 12.7. The first-order valence-corrected chi connectivity index (χ1v) is 5.39. The number of methoxy groups -OCH3 is 1. The van der Waals surface area contributed by atoms with Crippen LogP contribution in [0.5, 0.6) is 5.88 Å². The smallest absolute Gasteiger partial charge is 0.421 e. The number of aromatic nitrogens is 1. The molecule has 0 fully saturated rings. The molecule has 1 aromatic heterocycles. The summed E-state index contributed by atoms with van der Waals surface area (Å²) in [6.45, 7) is -0.395. The third-order valence-corrected chi connectivity index (χ3v) is 2.50. The first-order chi connectivity index (χ1) is 8.81. The number of ether oxygens (including phenoxy) is 1. The molecule has 0 amide bonds. The lowest BCUT2D eigenvalue weighted by molar-refractivity contribution is -0.139. The van der Waals surface area contributed by atoms with Crippen LogP contribution in [0.1, 0.15) is 23.7 Å². The number of aliphatic hydroxyl groups excluding tert-OH is 3. The number of halogens is 3. The van der Waals surface area contributed by atoms with Crippen molar-refractivity contribution in [1.82, 2.24) is 4.98 Å². The van der Waals surface area contributed by atoms with Crippen LogP contribution >= 0.6 is 0 Å². The van der Waals surface area contributed by atoms with E-state index in [0.717, 1.165) is 13.3 Å². The molecule has 0 bridgehead atoms. The summed E-state index contributed by atoms with van der Waals surface area (Å²) in [5.74, 6) is -0.611. The van der Waals surface area contributed by atoms with Crippen LogP contribution in [-0.4, -0.2) is 40.1 Å². The van der Waals surface area contributed by atoms with E-state index in [-0.39, 0.29) is 12.0 Å². The Hall–Kier alpha value is -1.38. The highest BCUT2D eigenvalue weighted by atomic mass is 19.4. The lowest BCUT2D eigenvalue weighted by Gasteiger charge is -2.19. The summed E-state index contributed by atoms with van der Waals surface area (Å²) in [5, 5.41) is 27.7. The van der Waals surface area contributed by atoms with Crippen molar-refractivity contribution < 1.29 is 33.2 Å². The molecule has 0 saturated carbocycles. The zero-order valence-corrected chi connectivity index (χ0v) is 10.1. The summed E-state index contributed by atoms with van der Waals surface area (Å²) >= 11 is 0. The minimum absolute atomic E-state index is 0.158. The molecule has 0 saturated heterocycles. The molecule has 3 N–H and O–H groups in total. The average Bonchev–Trinajstić information content (AvgIpc) is 2.36. The molecule has 0 aliphatic carbocycles. The average molecular weight is 281 g/mol. The molecule has 5 nitrogen and oxygen atoms in total. The number of rotatable bonds is 5. The molecule has 19 heavy (non-hydrogen) atoms. The van der Waals surface area contributed by atoms with Crippen molar-refractivity contribution in [2.75, 3.05) is 13.7 Å². The van der Waals surface area contributed by atoms with Crippen molar-refractivity contribution in [3.63, 3.8) is 0 Å². The van der Waals surface area contributed by atoms with Crippen molar-refractivity contribution in [2.45, 2.75) is 24.8 Å². The minimum Gasteiger partial charge on any atom is -0.481 e. The fourth-order valence-corrected chi connectivity index (χ4v) is 1.51. The van der Waals surface area contributed by atoms with E-state index in [4.69, 9.17) is 5.11 Å². The van der Waals surface area contributed by atoms with Gasteiger partial charge in [0.05, 0.1) is 13.2 Å². The molecule has 2 unspecified atom stereocenters. The Balaban J connectivity index is 3.11. The van der Waals surface area contributed by atoms with E-state index < -0.39 is 36.4 Å². The van der Waals surface area contributed by atoms with Crippen molar-refractivity contribution in [2.24, 2.45) is 0 Å². The lowest BCUT2D eigenvalue weighted by atomic mass is 10.0. The van der Waals surface area contributed by atoms with Gasteiger partial charge >= 0.3 is 6.18 Å². The lowest BCUT2D eigenvalue weighted by Crippen LogP contribution is -2.20. The van der Waals surface area contributed by atoms with Gasteiger partial charge in [0.25, 0.3) is 0 Å². The number of nitrogens with zero attached hydrogens (tertiary/aromatic N) is 1. The van der Waals surface area contributed by atoms with Crippen molar-refractivity contribution >= 4 is 0 Å². The first kappa shape index (κ1) is 15.7. The third-order valence-electron chi connectivity index (χ3n) is 2.50. The Kier molecular flexibility index (Phi) is 5.10. The van der Waals surface area contributed by atoms with Gasteiger partial charge in [-0.05, 0) is 12.5 Å². The van der Waals surface area contributed by atoms with Crippen LogP contribution in [0.4, 0.5) is 13.2 Å². The van der Waals surface area contributed by atoms with E-state index in [0.29, 0.717) is 6.07 Å². The molecular weight excluding hydrogens is 267 g/mol. The van der Waals surface area contributed by atoms with Crippen molar-refractivity contribution in [1.29, 1.82) is 0 Å². The molecule has 8 heteroatoms. The summed E-state index contributed by atoms with van der Waals surface area (Å²) in [6.07, 6.45) is -6.79. The SMILES string of the molecule is COc1ncc(C(O)C(O)CCO)cc1C(F)(F)F. The number of pyridine rings is 1. The predicted octanol–water partition coefficient (Wildman–Crippen LogP) is 0.886. The highest BCUT2D eigenvalue weighted by molar-refractivity contribution is 5.33. The number of hydrogen-bond donors (Lipinski definition) is 3. The van der Waals surface area contributed by atoms with Crippen LogP contribution < -0.4 is 4.74 Å². The first-order valence-electron chi connectivity index (χ1n) is 5.39. The van der Waals surface area contributed by atoms with Crippen LogP contribution in [0, 0.1) is 0 Å². The van der Waals surface area contributed by atoms with Crippen molar-refractivity contribution in [3.8, 4) is 5.88 Å². The van der Waals surface area contributed by atoms with Gasteiger partial charge in [0, 0.05) is 18.4 Å². The molecule has 0 aromatic carbocycles. The summed E-state index contributed by atoms with van der Waals surface area (Å²) in [5.41, 5.74) is -1.34. The maximum Gasteiger partial charge on any atom is 0.421 e. The zero-order chi connectivity index (χ0) is 14.6. The number of aliphatic hydroxyl groups is 3. The Morgan fingerprint density at radius 1 is 1.37 bits per heavy atom. The van der Waals surface area contributed by atoms with Gasteiger partial charge in [-0.3, -0.25) is 0 Å². The largest absolute Gasteiger partial charge is 0.481 e. The third kappa shape index (κ3) is 3.79. The van der Waals surface area contributed by atoms with E-state index >= 15 is 0 Å². The summed E-state index contributed by atoms with van der Waals surface area (Å²) in [4.78, 5) is 3.45. The molecule has 1 aromatic rings. The van der Waals surface area contributed by atoms with Crippen LogP contribution in [0.25, 0.3) is 0 Å². The van der Waals surface area contributed by atoms with E-state index in [1.807, 2.05) is 0 Å². The van der Waals surface area contributed by atoms with E-state index in [2.05, 4.69) is 9.72 Å². The topological polar surface area (TPSA) is 82.8 Å². The van der Waals surface area contributed by atoms with Gasteiger partial charge in [0.2, 0.25) is 5.88 Å². The summed E-state index contributed by atoms with van der Waals surface area (Å²) < 4.78 is 42.7.